The van der Waals surface area contributed by atoms with Crippen molar-refractivity contribution in [2.24, 2.45) is 4.99 Å². The predicted molar refractivity (Wildman–Crippen MR) is 88.7 cm³/mol. The minimum atomic E-state index is -0.0105. The summed E-state index contributed by atoms with van der Waals surface area (Å²) in [6.45, 7) is 9.56. The Morgan fingerprint density at radius 3 is 2.65 bits per heavy atom. The van der Waals surface area contributed by atoms with Crippen molar-refractivity contribution in [1.82, 2.24) is 5.32 Å². The molecule has 2 N–H and O–H groups in total. The van der Waals surface area contributed by atoms with Crippen LogP contribution >= 0.6 is 11.8 Å². The van der Waals surface area contributed by atoms with Gasteiger partial charge in [0.2, 0.25) is 5.91 Å². The molecule has 1 rings (SSSR count). The standard InChI is InChI=1S/C15H23N3OS/c1-5-16-15(17-6-2)20-10-14(19)18-13-8-7-11(3)9-12(13)4/h7-9H,5-6,10H2,1-4H3,(H,16,17)(H,18,19). The van der Waals surface area contributed by atoms with Crippen LogP contribution in [0.3, 0.4) is 0 Å². The summed E-state index contributed by atoms with van der Waals surface area (Å²) in [7, 11) is 0. The van der Waals surface area contributed by atoms with E-state index >= 15 is 0 Å². The zero-order chi connectivity index (χ0) is 15.0. The lowest BCUT2D eigenvalue weighted by atomic mass is 10.1. The van der Waals surface area contributed by atoms with E-state index in [0.717, 1.165) is 23.0 Å². The summed E-state index contributed by atoms with van der Waals surface area (Å²) in [5, 5.41) is 6.91. The van der Waals surface area contributed by atoms with Crippen molar-refractivity contribution in [3.63, 3.8) is 0 Å². The Morgan fingerprint density at radius 2 is 2.05 bits per heavy atom. The maximum atomic E-state index is 11.9. The Morgan fingerprint density at radius 1 is 1.30 bits per heavy atom. The second-order valence-electron chi connectivity index (χ2n) is 4.47. The van der Waals surface area contributed by atoms with Gasteiger partial charge in [0.25, 0.3) is 0 Å². The number of anilines is 1. The predicted octanol–water partition coefficient (Wildman–Crippen LogP) is 2.96. The first-order valence-corrected chi connectivity index (χ1v) is 7.83. The minimum Gasteiger partial charge on any atom is -0.365 e. The number of amidine groups is 1. The van der Waals surface area contributed by atoms with Crippen molar-refractivity contribution < 1.29 is 4.79 Å². The molecule has 5 heteroatoms. The average molecular weight is 293 g/mol. The zero-order valence-electron chi connectivity index (χ0n) is 12.6. The first-order valence-electron chi connectivity index (χ1n) is 6.85. The van der Waals surface area contributed by atoms with Crippen molar-refractivity contribution in [1.29, 1.82) is 0 Å². The highest BCUT2D eigenvalue weighted by Gasteiger charge is 2.07. The number of carbonyl (C=O) groups is 1. The lowest BCUT2D eigenvalue weighted by Gasteiger charge is -2.10. The molecule has 0 aliphatic heterocycles. The first-order chi connectivity index (χ1) is 9.56. The van der Waals surface area contributed by atoms with Crippen LogP contribution < -0.4 is 10.6 Å². The van der Waals surface area contributed by atoms with Crippen molar-refractivity contribution in [2.75, 3.05) is 24.2 Å². The van der Waals surface area contributed by atoms with E-state index in [0.29, 0.717) is 12.3 Å². The summed E-state index contributed by atoms with van der Waals surface area (Å²) in [6, 6.07) is 6.00. The molecule has 0 radical (unpaired) electrons. The molecule has 20 heavy (non-hydrogen) atoms. The highest BCUT2D eigenvalue weighted by atomic mass is 32.2. The van der Waals surface area contributed by atoms with E-state index in [1.807, 2.05) is 39.8 Å². The van der Waals surface area contributed by atoms with Gasteiger partial charge in [-0.15, -0.1) is 0 Å². The lowest BCUT2D eigenvalue weighted by Crippen LogP contribution is -2.23. The summed E-state index contributed by atoms with van der Waals surface area (Å²) in [5.74, 6) is 0.350. The van der Waals surface area contributed by atoms with Crippen LogP contribution in [0.5, 0.6) is 0 Å². The van der Waals surface area contributed by atoms with Crippen LogP contribution in [0.1, 0.15) is 25.0 Å². The normalized spacial score (nSPS) is 11.3. The number of hydrogen-bond donors (Lipinski definition) is 2. The third kappa shape index (κ3) is 5.65. The van der Waals surface area contributed by atoms with E-state index in [1.54, 1.807) is 0 Å². The Kier molecular flexibility index (Phi) is 7.15. The monoisotopic (exact) mass is 293 g/mol. The van der Waals surface area contributed by atoms with Gasteiger partial charge in [-0.3, -0.25) is 9.79 Å². The maximum absolute atomic E-state index is 11.9. The number of nitrogens with zero attached hydrogens (tertiary/aromatic N) is 1. The zero-order valence-corrected chi connectivity index (χ0v) is 13.4. The minimum absolute atomic E-state index is 0.0105. The van der Waals surface area contributed by atoms with Gasteiger partial charge in [-0.25, -0.2) is 0 Å². The van der Waals surface area contributed by atoms with Crippen molar-refractivity contribution in [3.05, 3.63) is 29.3 Å². The fourth-order valence-electron chi connectivity index (χ4n) is 1.72. The Hall–Kier alpha value is -1.49. The van der Waals surface area contributed by atoms with Gasteiger partial charge in [-0.1, -0.05) is 29.5 Å². The fraction of sp³-hybridized carbons (Fsp3) is 0.467. The van der Waals surface area contributed by atoms with E-state index in [-0.39, 0.29) is 5.91 Å². The highest BCUT2D eigenvalue weighted by Crippen LogP contribution is 2.16. The van der Waals surface area contributed by atoms with Crippen LogP contribution in [0.4, 0.5) is 5.69 Å². The van der Waals surface area contributed by atoms with E-state index in [2.05, 4.69) is 21.7 Å². The number of hydrogen-bond acceptors (Lipinski definition) is 3. The van der Waals surface area contributed by atoms with Crippen LogP contribution in [0, 0.1) is 13.8 Å². The number of thioether (sulfide) groups is 1. The molecular weight excluding hydrogens is 270 g/mol. The number of amides is 1. The molecular formula is C15H23N3OS. The van der Waals surface area contributed by atoms with Gasteiger partial charge in [0, 0.05) is 18.8 Å². The van der Waals surface area contributed by atoms with Crippen molar-refractivity contribution in [2.45, 2.75) is 27.7 Å². The largest absolute Gasteiger partial charge is 0.365 e. The number of rotatable bonds is 5. The lowest BCUT2D eigenvalue weighted by molar-refractivity contribution is -0.113. The summed E-state index contributed by atoms with van der Waals surface area (Å²) in [6.07, 6.45) is 0. The van der Waals surface area contributed by atoms with Gasteiger partial charge < -0.3 is 10.6 Å². The number of carbonyl (C=O) groups excluding carboxylic acids is 1. The molecule has 1 aromatic carbocycles. The molecule has 0 spiro atoms. The maximum Gasteiger partial charge on any atom is 0.234 e. The highest BCUT2D eigenvalue weighted by molar-refractivity contribution is 8.14. The molecule has 0 saturated heterocycles. The summed E-state index contributed by atoms with van der Waals surface area (Å²) >= 11 is 1.43. The van der Waals surface area contributed by atoms with E-state index in [4.69, 9.17) is 0 Å². The molecule has 110 valence electrons. The van der Waals surface area contributed by atoms with E-state index in [1.165, 1.54) is 17.3 Å². The third-order valence-electron chi connectivity index (χ3n) is 2.63. The molecule has 0 aliphatic rings. The van der Waals surface area contributed by atoms with Gasteiger partial charge in [-0.05, 0) is 39.3 Å². The van der Waals surface area contributed by atoms with Gasteiger partial charge in [0.15, 0.2) is 5.17 Å². The molecule has 1 aromatic rings. The second kappa shape index (κ2) is 8.64. The molecule has 1 amide bonds. The second-order valence-corrected chi connectivity index (χ2v) is 5.43. The molecule has 4 nitrogen and oxygen atoms in total. The summed E-state index contributed by atoms with van der Waals surface area (Å²) in [4.78, 5) is 16.3. The molecule has 0 aromatic heterocycles. The fourth-order valence-corrected chi connectivity index (χ4v) is 2.53. The smallest absolute Gasteiger partial charge is 0.234 e. The van der Waals surface area contributed by atoms with E-state index < -0.39 is 0 Å². The first kappa shape index (κ1) is 16.6. The molecule has 0 aliphatic carbocycles. The van der Waals surface area contributed by atoms with Crippen molar-refractivity contribution >= 4 is 28.5 Å². The number of aryl methyl sites for hydroxylation is 2. The summed E-state index contributed by atoms with van der Waals surface area (Å²) in [5.41, 5.74) is 3.15. The molecule has 0 saturated carbocycles. The van der Waals surface area contributed by atoms with Crippen LogP contribution in [0.25, 0.3) is 0 Å². The van der Waals surface area contributed by atoms with Crippen LogP contribution in [0.2, 0.25) is 0 Å². The van der Waals surface area contributed by atoms with Crippen LogP contribution in [0.15, 0.2) is 23.2 Å². The summed E-state index contributed by atoms with van der Waals surface area (Å²) < 4.78 is 0. The Bertz CT molecular complexity index is 486. The van der Waals surface area contributed by atoms with Crippen LogP contribution in [-0.2, 0) is 4.79 Å². The topological polar surface area (TPSA) is 53.5 Å². The average Bonchev–Trinajstić information content (AvgIpc) is 2.40. The van der Waals surface area contributed by atoms with Gasteiger partial charge in [0.1, 0.15) is 0 Å². The third-order valence-corrected chi connectivity index (χ3v) is 3.58. The van der Waals surface area contributed by atoms with Gasteiger partial charge >= 0.3 is 0 Å². The number of aliphatic imine (C=N–C) groups is 1. The quantitative estimate of drug-likeness (QED) is 0.648. The van der Waals surface area contributed by atoms with Gasteiger partial charge in [0.05, 0.1) is 5.75 Å². The molecule has 0 heterocycles. The number of nitrogens with one attached hydrogen (secondary N) is 2. The molecule has 0 fully saturated rings. The van der Waals surface area contributed by atoms with E-state index in [9.17, 15) is 4.79 Å². The molecule has 0 atom stereocenters. The molecule has 0 unspecified atom stereocenters. The van der Waals surface area contributed by atoms with Gasteiger partial charge in [-0.2, -0.15) is 0 Å². The number of benzene rings is 1. The SMILES string of the molecule is CCN=C(NCC)SCC(=O)Nc1ccc(C)cc1C. The Labute approximate surface area is 125 Å². The van der Waals surface area contributed by atoms with Crippen molar-refractivity contribution in [3.8, 4) is 0 Å². The van der Waals surface area contributed by atoms with Crippen LogP contribution in [-0.4, -0.2) is 29.9 Å². The molecule has 0 bridgehead atoms. The Balaban J connectivity index is 2.53.